The summed E-state index contributed by atoms with van der Waals surface area (Å²) in [6.07, 6.45) is 0. The summed E-state index contributed by atoms with van der Waals surface area (Å²) in [6.45, 7) is -0.0880. The molecule has 0 aliphatic carbocycles. The van der Waals surface area contributed by atoms with E-state index in [9.17, 15) is 0 Å². The minimum absolute atomic E-state index is 0.0880. The van der Waals surface area contributed by atoms with Gasteiger partial charge >= 0.3 is 0 Å². The zero-order valence-electron chi connectivity index (χ0n) is 33.4. The van der Waals surface area contributed by atoms with Crippen molar-refractivity contribution >= 4 is 67.0 Å². The normalized spacial score (nSPS) is 12.5. The first-order valence-electron chi connectivity index (χ1n) is 21.3. The van der Waals surface area contributed by atoms with Gasteiger partial charge in [0.1, 0.15) is 11.4 Å². The van der Waals surface area contributed by atoms with E-state index in [4.69, 9.17) is 10.2 Å². The van der Waals surface area contributed by atoms with Gasteiger partial charge in [-0.15, -0.1) is 0 Å². The monoisotopic (exact) mass is 787 g/mol. The number of nitrogens with zero attached hydrogens (tertiary/aromatic N) is 5. The fourth-order valence-electron chi connectivity index (χ4n) is 10.7. The van der Waals surface area contributed by atoms with Crippen LogP contribution in [-0.4, -0.2) is 30.5 Å². The van der Waals surface area contributed by atoms with E-state index in [0.29, 0.717) is 0 Å². The Morgan fingerprint density at radius 2 is 0.710 bits per heavy atom. The molecular formula is C56H34BN5. The Kier molecular flexibility index (Phi) is 6.85. The molecule has 0 fully saturated rings. The van der Waals surface area contributed by atoms with Gasteiger partial charge in [0.05, 0.1) is 38.8 Å². The number of hydrogen-bond acceptors (Lipinski definition) is 2. The minimum atomic E-state index is -0.0880. The van der Waals surface area contributed by atoms with Crippen molar-refractivity contribution in [2.75, 3.05) is 0 Å². The molecule has 2 aromatic heterocycles. The van der Waals surface area contributed by atoms with Crippen molar-refractivity contribution in [3.63, 3.8) is 0 Å². The lowest BCUT2D eigenvalue weighted by molar-refractivity contribution is 0.954. The number of hydrogen-bond donors (Lipinski definition) is 0. The van der Waals surface area contributed by atoms with Crippen molar-refractivity contribution < 1.29 is 0 Å². The van der Waals surface area contributed by atoms with Crippen LogP contribution in [0, 0.1) is 0 Å². The average molecular weight is 788 g/mol. The molecule has 0 N–H and O–H groups in total. The maximum Gasteiger partial charge on any atom is 0.246 e. The van der Waals surface area contributed by atoms with E-state index >= 15 is 0 Å². The molecule has 0 saturated heterocycles. The van der Waals surface area contributed by atoms with Gasteiger partial charge in [0.25, 0.3) is 0 Å². The lowest BCUT2D eigenvalue weighted by atomic mass is 9.35. The van der Waals surface area contributed by atoms with Gasteiger partial charge in [-0.3, -0.25) is 0 Å². The standard InChI is InChI=1S/C56H34BN5/c1-7-19-35(20-8-1)40-31-46-54-47(32-40)62-56-49(51(59-62)39-27-15-5-16-28-39)43(37-23-11-3-12-24-37)34-45-53(56)60(54)52-44(57(45)41-29-17-6-18-30-41)33-42(36-21-9-2-10-22-36)48-50(58-61(46)55(48)52)38-25-13-4-14-26-38/h1-34H. The van der Waals surface area contributed by atoms with E-state index in [1.54, 1.807) is 0 Å². The van der Waals surface area contributed by atoms with Gasteiger partial charge in [-0.25, -0.2) is 9.03 Å². The zero-order chi connectivity index (χ0) is 40.5. The lowest BCUT2D eigenvalue weighted by Gasteiger charge is -2.33. The molecule has 0 spiro atoms. The van der Waals surface area contributed by atoms with Crippen LogP contribution < -0.4 is 16.4 Å². The Labute approximate surface area is 357 Å². The Bertz CT molecular complexity index is 3610. The van der Waals surface area contributed by atoms with Gasteiger partial charge in [-0.1, -0.05) is 200 Å². The van der Waals surface area contributed by atoms with Crippen molar-refractivity contribution in [2.45, 2.75) is 0 Å². The van der Waals surface area contributed by atoms with Crippen LogP contribution in [-0.2, 0) is 0 Å². The van der Waals surface area contributed by atoms with Crippen LogP contribution >= 0.6 is 0 Å². The number of fused-ring (bicyclic) bond motifs is 2. The molecule has 6 heteroatoms. The first-order valence-corrected chi connectivity index (χ1v) is 21.3. The smallest absolute Gasteiger partial charge is 0.246 e. The number of benzene rings is 9. The molecule has 286 valence electrons. The highest BCUT2D eigenvalue weighted by Gasteiger charge is 2.40. The fourth-order valence-corrected chi connectivity index (χ4v) is 10.7. The highest BCUT2D eigenvalue weighted by atomic mass is 15.3. The quantitative estimate of drug-likeness (QED) is 0.0957. The van der Waals surface area contributed by atoms with Crippen LogP contribution in [0.5, 0.6) is 0 Å². The molecule has 0 bridgehead atoms. The SMILES string of the molecule is c1ccc(B2c3cc(-c4ccccc4)c4c(-c5ccccc5)nn5c6cc(-c7ccccc7)cc7c6-n(c3c45)c3c2cc(-c2ccccc2)c2c(-c4ccccc4)nn7c23)cc1. The third-order valence-electron chi connectivity index (χ3n) is 13.2. The Hall–Kier alpha value is -8.22. The predicted octanol–water partition coefficient (Wildman–Crippen LogP) is 11.3. The summed E-state index contributed by atoms with van der Waals surface area (Å²) in [7, 11) is 0. The highest BCUT2D eigenvalue weighted by Crippen LogP contribution is 2.48. The van der Waals surface area contributed by atoms with Crippen LogP contribution in [0.4, 0.5) is 0 Å². The highest BCUT2D eigenvalue weighted by molar-refractivity contribution is 6.98. The maximum absolute atomic E-state index is 5.72. The Balaban J connectivity index is 1.30. The van der Waals surface area contributed by atoms with Gasteiger partial charge in [0.15, 0.2) is 0 Å². The summed E-state index contributed by atoms with van der Waals surface area (Å²) in [5.41, 5.74) is 22.6. The van der Waals surface area contributed by atoms with E-state index in [-0.39, 0.29) is 6.71 Å². The van der Waals surface area contributed by atoms with E-state index < -0.39 is 0 Å². The second kappa shape index (κ2) is 12.6. The van der Waals surface area contributed by atoms with Gasteiger partial charge in [0.2, 0.25) is 6.71 Å². The fraction of sp³-hybridized carbons (Fsp3) is 0. The van der Waals surface area contributed by atoms with E-state index in [1.165, 1.54) is 49.7 Å². The van der Waals surface area contributed by atoms with Crippen LogP contribution in [0.15, 0.2) is 206 Å². The molecule has 9 aromatic carbocycles. The summed E-state index contributed by atoms with van der Waals surface area (Å²) in [4.78, 5) is 0. The molecule has 0 amide bonds. The Morgan fingerprint density at radius 1 is 0.339 bits per heavy atom. The molecule has 3 aliphatic rings. The van der Waals surface area contributed by atoms with Gasteiger partial charge < -0.3 is 4.57 Å². The van der Waals surface area contributed by atoms with Gasteiger partial charge in [-0.05, 0) is 56.4 Å². The van der Waals surface area contributed by atoms with Crippen molar-refractivity contribution in [3.05, 3.63) is 206 Å². The second-order valence-corrected chi connectivity index (χ2v) is 16.6. The second-order valence-electron chi connectivity index (χ2n) is 16.6. The molecule has 3 aliphatic heterocycles. The van der Waals surface area contributed by atoms with Crippen LogP contribution in [0.3, 0.4) is 0 Å². The molecule has 5 nitrogen and oxygen atoms in total. The average Bonchev–Trinajstić information content (AvgIpc) is 3.96. The lowest BCUT2D eigenvalue weighted by Crippen LogP contribution is -2.55. The molecule has 62 heavy (non-hydrogen) atoms. The summed E-state index contributed by atoms with van der Waals surface area (Å²) >= 11 is 0. The van der Waals surface area contributed by atoms with E-state index in [1.807, 2.05) is 0 Å². The summed E-state index contributed by atoms with van der Waals surface area (Å²) < 4.78 is 7.13. The van der Waals surface area contributed by atoms with Crippen molar-refractivity contribution in [3.8, 4) is 61.6 Å². The summed E-state index contributed by atoms with van der Waals surface area (Å²) in [6, 6.07) is 74.7. The van der Waals surface area contributed by atoms with Crippen molar-refractivity contribution in [1.29, 1.82) is 0 Å². The van der Waals surface area contributed by atoms with Crippen LogP contribution in [0.2, 0.25) is 0 Å². The first-order chi connectivity index (χ1) is 30.8. The predicted molar refractivity (Wildman–Crippen MR) is 256 cm³/mol. The minimum Gasteiger partial charge on any atom is -0.303 e. The Morgan fingerprint density at radius 3 is 1.13 bits per heavy atom. The molecule has 0 atom stereocenters. The van der Waals surface area contributed by atoms with E-state index in [2.05, 4.69) is 220 Å². The molecule has 0 radical (unpaired) electrons. The number of aromatic nitrogens is 5. The molecular weight excluding hydrogens is 753 g/mol. The van der Waals surface area contributed by atoms with Crippen LogP contribution in [0.1, 0.15) is 0 Å². The zero-order valence-corrected chi connectivity index (χ0v) is 33.4. The third-order valence-corrected chi connectivity index (χ3v) is 13.2. The summed E-state index contributed by atoms with van der Waals surface area (Å²) in [5.74, 6) is 0. The maximum atomic E-state index is 5.72. The molecule has 14 rings (SSSR count). The molecule has 11 aromatic rings. The van der Waals surface area contributed by atoms with Crippen molar-refractivity contribution in [1.82, 2.24) is 23.8 Å². The van der Waals surface area contributed by atoms with Gasteiger partial charge in [-0.2, -0.15) is 10.2 Å². The number of rotatable bonds is 6. The molecule has 0 saturated carbocycles. The van der Waals surface area contributed by atoms with Crippen LogP contribution in [0.25, 0.3) is 105 Å². The van der Waals surface area contributed by atoms with Crippen molar-refractivity contribution in [2.24, 2.45) is 0 Å². The molecule has 5 heterocycles. The largest absolute Gasteiger partial charge is 0.303 e. The molecule has 0 unspecified atom stereocenters. The topological polar surface area (TPSA) is 39.5 Å². The first kappa shape index (κ1) is 33.6. The van der Waals surface area contributed by atoms with E-state index in [0.717, 1.165) is 72.2 Å². The van der Waals surface area contributed by atoms with Gasteiger partial charge in [0, 0.05) is 21.9 Å². The summed E-state index contributed by atoms with van der Waals surface area (Å²) in [5, 5.41) is 13.7. The third kappa shape index (κ3) is 4.53.